The fourth-order valence-corrected chi connectivity index (χ4v) is 0.675. The molecule has 0 aliphatic rings. The van der Waals surface area contributed by atoms with E-state index in [2.05, 4.69) is 10.5 Å². The zero-order chi connectivity index (χ0) is 10.3. The summed E-state index contributed by atoms with van der Waals surface area (Å²) in [5.74, 6) is -1.09. The zero-order valence-corrected chi connectivity index (χ0v) is 7.45. The van der Waals surface area contributed by atoms with Gasteiger partial charge < -0.3 is 15.6 Å². The van der Waals surface area contributed by atoms with Gasteiger partial charge in [0.25, 0.3) is 0 Å². The summed E-state index contributed by atoms with van der Waals surface area (Å²) < 4.78 is 4.35. The SMILES string of the molecule is CCC/C=C(/COC(N)=O)C(=O)O. The summed E-state index contributed by atoms with van der Waals surface area (Å²) in [6.45, 7) is 1.65. The number of primary amides is 1. The van der Waals surface area contributed by atoms with Crippen molar-refractivity contribution in [2.24, 2.45) is 5.73 Å². The summed E-state index contributed by atoms with van der Waals surface area (Å²) in [5, 5.41) is 8.61. The Morgan fingerprint density at radius 3 is 2.54 bits per heavy atom. The van der Waals surface area contributed by atoms with Crippen molar-refractivity contribution in [1.29, 1.82) is 0 Å². The number of amides is 1. The molecule has 5 heteroatoms. The Kier molecular flexibility index (Phi) is 5.34. The summed E-state index contributed by atoms with van der Waals surface area (Å²) >= 11 is 0. The Morgan fingerprint density at radius 2 is 2.15 bits per heavy atom. The van der Waals surface area contributed by atoms with Gasteiger partial charge in [-0.25, -0.2) is 9.59 Å². The number of aliphatic carboxylic acids is 1. The van der Waals surface area contributed by atoms with Crippen LogP contribution >= 0.6 is 0 Å². The monoisotopic (exact) mass is 187 g/mol. The first-order valence-electron chi connectivity index (χ1n) is 3.92. The highest BCUT2D eigenvalue weighted by molar-refractivity contribution is 5.87. The van der Waals surface area contributed by atoms with Crippen molar-refractivity contribution in [2.75, 3.05) is 6.61 Å². The number of allylic oxidation sites excluding steroid dienone is 1. The van der Waals surface area contributed by atoms with Gasteiger partial charge >= 0.3 is 12.1 Å². The molecule has 0 radical (unpaired) electrons. The Morgan fingerprint density at radius 1 is 1.54 bits per heavy atom. The second-order valence-electron chi connectivity index (χ2n) is 2.43. The molecule has 0 fully saturated rings. The molecular formula is C8H13NO4. The maximum Gasteiger partial charge on any atom is 0.404 e. The average Bonchev–Trinajstić information content (AvgIpc) is 2.03. The fraction of sp³-hybridized carbons (Fsp3) is 0.500. The van der Waals surface area contributed by atoms with Crippen molar-refractivity contribution in [3.05, 3.63) is 11.6 Å². The van der Waals surface area contributed by atoms with Gasteiger partial charge in [-0.05, 0) is 6.42 Å². The third-order valence-corrected chi connectivity index (χ3v) is 1.32. The lowest BCUT2D eigenvalue weighted by Gasteiger charge is -2.01. The summed E-state index contributed by atoms with van der Waals surface area (Å²) in [6, 6.07) is 0. The molecule has 0 rings (SSSR count). The van der Waals surface area contributed by atoms with Crippen molar-refractivity contribution in [1.82, 2.24) is 0 Å². The number of carbonyl (C=O) groups excluding carboxylic acids is 1. The molecule has 0 aromatic rings. The number of nitrogens with two attached hydrogens (primary N) is 1. The van der Waals surface area contributed by atoms with Gasteiger partial charge in [-0.1, -0.05) is 19.4 Å². The maximum absolute atomic E-state index is 10.5. The Balaban J connectivity index is 4.10. The van der Waals surface area contributed by atoms with Crippen LogP contribution in [0.2, 0.25) is 0 Å². The molecule has 0 bridgehead atoms. The number of carboxylic acids is 1. The molecule has 0 aliphatic carbocycles. The van der Waals surface area contributed by atoms with Crippen LogP contribution < -0.4 is 5.73 Å². The van der Waals surface area contributed by atoms with Gasteiger partial charge in [0.05, 0.1) is 5.57 Å². The van der Waals surface area contributed by atoms with Crippen molar-refractivity contribution in [2.45, 2.75) is 19.8 Å². The molecule has 74 valence electrons. The molecule has 0 atom stereocenters. The highest BCUT2D eigenvalue weighted by Gasteiger charge is 2.08. The van der Waals surface area contributed by atoms with Gasteiger partial charge in [-0.3, -0.25) is 0 Å². The number of carbonyl (C=O) groups is 2. The molecule has 0 saturated heterocycles. The average molecular weight is 187 g/mol. The molecule has 0 heterocycles. The minimum atomic E-state index is -1.09. The molecule has 0 saturated carbocycles. The number of unbranched alkanes of at least 4 members (excludes halogenated alkanes) is 1. The lowest BCUT2D eigenvalue weighted by atomic mass is 10.2. The molecule has 0 unspecified atom stereocenters. The summed E-state index contributed by atoms with van der Waals surface area (Å²) in [4.78, 5) is 20.7. The topological polar surface area (TPSA) is 89.6 Å². The molecule has 3 N–H and O–H groups in total. The van der Waals surface area contributed by atoms with Crippen LogP contribution in [0.3, 0.4) is 0 Å². The molecule has 1 amide bonds. The summed E-state index contributed by atoms with van der Waals surface area (Å²) in [5.41, 5.74) is 4.74. The fourth-order valence-electron chi connectivity index (χ4n) is 0.675. The molecular weight excluding hydrogens is 174 g/mol. The van der Waals surface area contributed by atoms with Gasteiger partial charge in [0, 0.05) is 0 Å². The van der Waals surface area contributed by atoms with E-state index in [9.17, 15) is 9.59 Å². The van der Waals surface area contributed by atoms with Crippen LogP contribution in [0.25, 0.3) is 0 Å². The van der Waals surface area contributed by atoms with Crippen LogP contribution in [0.1, 0.15) is 19.8 Å². The summed E-state index contributed by atoms with van der Waals surface area (Å²) in [6.07, 6.45) is 2.03. The molecule has 0 aliphatic heterocycles. The minimum absolute atomic E-state index is 0.0562. The second-order valence-corrected chi connectivity index (χ2v) is 2.43. The van der Waals surface area contributed by atoms with Gasteiger partial charge in [0.15, 0.2) is 0 Å². The lowest BCUT2D eigenvalue weighted by Crippen LogP contribution is -2.17. The van der Waals surface area contributed by atoms with E-state index in [0.717, 1.165) is 6.42 Å². The zero-order valence-electron chi connectivity index (χ0n) is 7.45. The predicted octanol–water partition coefficient (Wildman–Crippen LogP) is 0.893. The van der Waals surface area contributed by atoms with Crippen LogP contribution in [0.5, 0.6) is 0 Å². The van der Waals surface area contributed by atoms with E-state index in [1.807, 2.05) is 6.92 Å². The van der Waals surface area contributed by atoms with Crippen molar-refractivity contribution in [3.8, 4) is 0 Å². The first-order valence-corrected chi connectivity index (χ1v) is 3.92. The number of ether oxygens (including phenoxy) is 1. The molecule has 0 aromatic carbocycles. The van der Waals surface area contributed by atoms with E-state index >= 15 is 0 Å². The van der Waals surface area contributed by atoms with E-state index in [1.165, 1.54) is 6.08 Å². The van der Waals surface area contributed by atoms with E-state index < -0.39 is 12.1 Å². The molecule has 13 heavy (non-hydrogen) atoms. The predicted molar refractivity (Wildman–Crippen MR) is 46.2 cm³/mol. The third-order valence-electron chi connectivity index (χ3n) is 1.32. The van der Waals surface area contributed by atoms with E-state index in [1.54, 1.807) is 0 Å². The van der Waals surface area contributed by atoms with Crippen LogP contribution in [0.4, 0.5) is 4.79 Å². The largest absolute Gasteiger partial charge is 0.478 e. The van der Waals surface area contributed by atoms with E-state index in [4.69, 9.17) is 5.11 Å². The normalized spacial score (nSPS) is 11.0. The van der Waals surface area contributed by atoms with Gasteiger partial charge in [-0.15, -0.1) is 0 Å². The quantitative estimate of drug-likeness (QED) is 0.625. The highest BCUT2D eigenvalue weighted by atomic mass is 16.5. The Labute approximate surface area is 76.2 Å². The smallest absolute Gasteiger partial charge is 0.404 e. The van der Waals surface area contributed by atoms with Crippen LogP contribution in [-0.2, 0) is 9.53 Å². The van der Waals surface area contributed by atoms with Crippen LogP contribution in [-0.4, -0.2) is 23.8 Å². The first kappa shape index (κ1) is 11.5. The standard InChI is InChI=1S/C8H13NO4/c1-2-3-4-6(7(10)11)5-13-8(9)12/h4H,2-3,5H2,1H3,(H2,9,12)(H,10,11)/b6-4-. The Bertz CT molecular complexity index is 222. The van der Waals surface area contributed by atoms with Crippen molar-refractivity contribution < 1.29 is 19.4 Å². The van der Waals surface area contributed by atoms with Crippen LogP contribution in [0, 0.1) is 0 Å². The van der Waals surface area contributed by atoms with Crippen molar-refractivity contribution >= 4 is 12.1 Å². The van der Waals surface area contributed by atoms with E-state index in [0.29, 0.717) is 6.42 Å². The highest BCUT2D eigenvalue weighted by Crippen LogP contribution is 2.00. The van der Waals surface area contributed by atoms with Crippen molar-refractivity contribution in [3.63, 3.8) is 0 Å². The van der Waals surface area contributed by atoms with Gasteiger partial charge in [0.2, 0.25) is 0 Å². The molecule has 0 aromatic heterocycles. The first-order chi connectivity index (χ1) is 6.07. The summed E-state index contributed by atoms with van der Waals surface area (Å²) in [7, 11) is 0. The molecule has 5 nitrogen and oxygen atoms in total. The lowest BCUT2D eigenvalue weighted by molar-refractivity contribution is -0.133. The Hall–Kier alpha value is -1.52. The second kappa shape index (κ2) is 6.05. The number of carboxylic acid groups (broad SMARTS) is 1. The van der Waals surface area contributed by atoms with Crippen LogP contribution in [0.15, 0.2) is 11.6 Å². The van der Waals surface area contributed by atoms with Gasteiger partial charge in [0.1, 0.15) is 6.61 Å². The number of hydrogen-bond donors (Lipinski definition) is 2. The minimum Gasteiger partial charge on any atom is -0.478 e. The molecule has 0 spiro atoms. The maximum atomic E-state index is 10.5. The van der Waals surface area contributed by atoms with E-state index in [-0.39, 0.29) is 12.2 Å². The number of rotatable bonds is 5. The number of hydrogen-bond acceptors (Lipinski definition) is 3. The third kappa shape index (κ3) is 5.72. The van der Waals surface area contributed by atoms with Gasteiger partial charge in [-0.2, -0.15) is 0 Å².